The maximum absolute atomic E-state index is 12.8. The molecule has 0 aliphatic carbocycles. The first kappa shape index (κ1) is 16.3. The van der Waals surface area contributed by atoms with Crippen LogP contribution in [0.4, 0.5) is 0 Å². The van der Waals surface area contributed by atoms with Crippen LogP contribution < -0.4 is 0 Å². The van der Waals surface area contributed by atoms with E-state index in [9.17, 15) is 14.4 Å². The molecule has 0 bridgehead atoms. The number of hydrogen-bond acceptors (Lipinski definition) is 4. The number of Topliss-reactive ketones (excluding diaryl/α,β-unsaturated/α-hetero) is 1. The molecule has 1 amide bonds. The minimum absolute atomic E-state index is 0.0755. The second-order valence-electron chi connectivity index (χ2n) is 5.71. The number of likely N-dealkylation sites (tertiary alicyclic amines) is 1. The summed E-state index contributed by atoms with van der Waals surface area (Å²) in [6.45, 7) is 5.53. The normalized spacial score (nSPS) is 18.2. The Labute approximate surface area is 129 Å². The van der Waals surface area contributed by atoms with E-state index in [1.165, 1.54) is 14.0 Å². The number of methoxy groups -OCH3 is 1. The summed E-state index contributed by atoms with van der Waals surface area (Å²) in [5, 5.41) is 0. The van der Waals surface area contributed by atoms with Crippen molar-refractivity contribution < 1.29 is 19.1 Å². The molecule has 1 aliphatic rings. The van der Waals surface area contributed by atoms with Crippen LogP contribution in [-0.4, -0.2) is 47.2 Å². The Hall–Kier alpha value is -2.11. The number of amides is 1. The zero-order chi connectivity index (χ0) is 16.4. The monoisotopic (exact) mass is 306 g/mol. The van der Waals surface area contributed by atoms with Crippen LogP contribution in [0.5, 0.6) is 0 Å². The summed E-state index contributed by atoms with van der Waals surface area (Å²) in [6.07, 6.45) is 2.36. The van der Waals surface area contributed by atoms with E-state index in [2.05, 4.69) is 4.98 Å². The van der Waals surface area contributed by atoms with Crippen molar-refractivity contribution in [3.63, 3.8) is 0 Å². The zero-order valence-electron chi connectivity index (χ0n) is 13.5. The Kier molecular flexibility index (Phi) is 4.68. The van der Waals surface area contributed by atoms with Crippen LogP contribution in [0.2, 0.25) is 0 Å². The molecule has 1 aromatic rings. The molecule has 6 heteroatoms. The number of aryl methyl sites for hydroxylation is 1. The third kappa shape index (κ3) is 2.77. The van der Waals surface area contributed by atoms with E-state index in [4.69, 9.17) is 4.74 Å². The number of carbonyl (C=O) groups is 3. The van der Waals surface area contributed by atoms with Gasteiger partial charge in [0.1, 0.15) is 11.7 Å². The van der Waals surface area contributed by atoms with Gasteiger partial charge in [0, 0.05) is 17.8 Å². The lowest BCUT2D eigenvalue weighted by molar-refractivity contribution is -0.147. The lowest BCUT2D eigenvalue weighted by atomic mass is 10.0. The Morgan fingerprint density at radius 3 is 2.45 bits per heavy atom. The molecule has 1 saturated heterocycles. The van der Waals surface area contributed by atoms with Crippen molar-refractivity contribution in [3.05, 3.63) is 22.5 Å². The van der Waals surface area contributed by atoms with Crippen LogP contribution in [0.1, 0.15) is 58.3 Å². The highest BCUT2D eigenvalue weighted by atomic mass is 16.5. The van der Waals surface area contributed by atoms with E-state index in [1.807, 2.05) is 0 Å². The fourth-order valence-electron chi connectivity index (χ4n) is 3.19. The average molecular weight is 306 g/mol. The standard InChI is InChI=1S/C16H22N2O4/c1-9-13(11(3)19)10(2)17-14(9)15(20)18-8-6-5-7-12(18)16(21)22-4/h12,17H,5-8H2,1-4H3. The number of aromatic nitrogens is 1. The number of ketones is 1. The molecular formula is C16H22N2O4. The van der Waals surface area contributed by atoms with Gasteiger partial charge in [-0.05, 0) is 45.6 Å². The first-order valence-corrected chi connectivity index (χ1v) is 7.47. The highest BCUT2D eigenvalue weighted by molar-refractivity contribution is 6.03. The number of ether oxygens (including phenoxy) is 1. The summed E-state index contributed by atoms with van der Waals surface area (Å²) >= 11 is 0. The minimum atomic E-state index is -0.546. The Bertz CT molecular complexity index is 618. The Morgan fingerprint density at radius 2 is 1.91 bits per heavy atom. The van der Waals surface area contributed by atoms with Gasteiger partial charge in [0.15, 0.2) is 5.78 Å². The molecule has 0 spiro atoms. The van der Waals surface area contributed by atoms with Gasteiger partial charge in [-0.15, -0.1) is 0 Å². The molecule has 6 nitrogen and oxygen atoms in total. The SMILES string of the molecule is COC(=O)C1CCCCN1C(=O)c1[nH]c(C)c(C(C)=O)c1C. The van der Waals surface area contributed by atoms with Crippen molar-refractivity contribution in [1.82, 2.24) is 9.88 Å². The number of nitrogens with one attached hydrogen (secondary N) is 1. The van der Waals surface area contributed by atoms with Crippen molar-refractivity contribution in [2.24, 2.45) is 0 Å². The van der Waals surface area contributed by atoms with E-state index >= 15 is 0 Å². The molecule has 2 rings (SSSR count). The molecule has 1 unspecified atom stereocenters. The molecule has 0 saturated carbocycles. The van der Waals surface area contributed by atoms with E-state index in [1.54, 1.807) is 18.7 Å². The summed E-state index contributed by atoms with van der Waals surface area (Å²) < 4.78 is 4.81. The van der Waals surface area contributed by atoms with E-state index < -0.39 is 6.04 Å². The van der Waals surface area contributed by atoms with Crippen molar-refractivity contribution in [2.45, 2.75) is 46.1 Å². The number of esters is 1. The number of H-pyrrole nitrogens is 1. The fourth-order valence-corrected chi connectivity index (χ4v) is 3.19. The zero-order valence-corrected chi connectivity index (χ0v) is 13.5. The number of aromatic amines is 1. The van der Waals surface area contributed by atoms with Gasteiger partial charge in [-0.25, -0.2) is 4.79 Å². The predicted octanol–water partition coefficient (Wildman–Crippen LogP) is 2.00. The van der Waals surface area contributed by atoms with Crippen LogP contribution in [0, 0.1) is 13.8 Å². The maximum atomic E-state index is 12.8. The topological polar surface area (TPSA) is 79.5 Å². The molecule has 0 aromatic carbocycles. The Morgan fingerprint density at radius 1 is 1.23 bits per heavy atom. The fraction of sp³-hybridized carbons (Fsp3) is 0.562. The van der Waals surface area contributed by atoms with Gasteiger partial charge in [0.2, 0.25) is 0 Å². The van der Waals surface area contributed by atoms with Crippen LogP contribution in [0.15, 0.2) is 0 Å². The highest BCUT2D eigenvalue weighted by Gasteiger charge is 2.35. The molecule has 2 heterocycles. The first-order valence-electron chi connectivity index (χ1n) is 7.47. The van der Waals surface area contributed by atoms with Gasteiger partial charge < -0.3 is 14.6 Å². The van der Waals surface area contributed by atoms with Crippen LogP contribution in [-0.2, 0) is 9.53 Å². The smallest absolute Gasteiger partial charge is 0.328 e. The summed E-state index contributed by atoms with van der Waals surface area (Å²) in [7, 11) is 1.33. The van der Waals surface area contributed by atoms with Crippen LogP contribution >= 0.6 is 0 Å². The van der Waals surface area contributed by atoms with Gasteiger partial charge in [0.05, 0.1) is 7.11 Å². The number of rotatable bonds is 3. The summed E-state index contributed by atoms with van der Waals surface area (Å²) in [5.41, 5.74) is 2.26. The third-order valence-corrected chi connectivity index (χ3v) is 4.24. The summed E-state index contributed by atoms with van der Waals surface area (Å²) in [5.74, 6) is -0.711. The molecular weight excluding hydrogens is 284 g/mol. The quantitative estimate of drug-likeness (QED) is 0.684. The third-order valence-electron chi connectivity index (χ3n) is 4.24. The van der Waals surface area contributed by atoms with E-state index in [0.29, 0.717) is 35.5 Å². The number of hydrogen-bond donors (Lipinski definition) is 1. The van der Waals surface area contributed by atoms with Gasteiger partial charge in [-0.3, -0.25) is 9.59 Å². The highest BCUT2D eigenvalue weighted by Crippen LogP contribution is 2.24. The second-order valence-corrected chi connectivity index (χ2v) is 5.71. The first-order chi connectivity index (χ1) is 10.4. The van der Waals surface area contributed by atoms with Gasteiger partial charge in [-0.2, -0.15) is 0 Å². The van der Waals surface area contributed by atoms with Crippen molar-refractivity contribution in [1.29, 1.82) is 0 Å². The number of piperidine rings is 1. The molecule has 1 fully saturated rings. The number of nitrogens with zero attached hydrogens (tertiary/aromatic N) is 1. The van der Waals surface area contributed by atoms with Crippen molar-refractivity contribution in [3.8, 4) is 0 Å². The van der Waals surface area contributed by atoms with Crippen LogP contribution in [0.3, 0.4) is 0 Å². The molecule has 1 aliphatic heterocycles. The lowest BCUT2D eigenvalue weighted by Gasteiger charge is -2.33. The second kappa shape index (κ2) is 6.34. The summed E-state index contributed by atoms with van der Waals surface area (Å²) in [4.78, 5) is 41.0. The average Bonchev–Trinajstić information content (AvgIpc) is 2.80. The molecule has 1 aromatic heterocycles. The van der Waals surface area contributed by atoms with Crippen molar-refractivity contribution >= 4 is 17.7 Å². The van der Waals surface area contributed by atoms with Gasteiger partial charge >= 0.3 is 5.97 Å². The van der Waals surface area contributed by atoms with Crippen molar-refractivity contribution in [2.75, 3.05) is 13.7 Å². The largest absolute Gasteiger partial charge is 0.467 e. The molecule has 22 heavy (non-hydrogen) atoms. The predicted molar refractivity (Wildman–Crippen MR) is 81.0 cm³/mol. The van der Waals surface area contributed by atoms with E-state index in [0.717, 1.165) is 12.8 Å². The van der Waals surface area contributed by atoms with Crippen LogP contribution in [0.25, 0.3) is 0 Å². The van der Waals surface area contributed by atoms with Gasteiger partial charge in [0.25, 0.3) is 5.91 Å². The minimum Gasteiger partial charge on any atom is -0.467 e. The lowest BCUT2D eigenvalue weighted by Crippen LogP contribution is -2.48. The van der Waals surface area contributed by atoms with Gasteiger partial charge in [-0.1, -0.05) is 0 Å². The molecule has 120 valence electrons. The molecule has 1 atom stereocenters. The maximum Gasteiger partial charge on any atom is 0.328 e. The molecule has 0 radical (unpaired) electrons. The Balaban J connectivity index is 2.36. The molecule has 1 N–H and O–H groups in total. The van der Waals surface area contributed by atoms with E-state index in [-0.39, 0.29) is 17.7 Å². The number of carbonyl (C=O) groups excluding carboxylic acids is 3. The summed E-state index contributed by atoms with van der Waals surface area (Å²) in [6, 6.07) is -0.546.